The van der Waals surface area contributed by atoms with Gasteiger partial charge in [-0.15, -0.1) is 0 Å². The maximum absolute atomic E-state index is 12.4. The lowest BCUT2D eigenvalue weighted by Gasteiger charge is -2.25. The molecule has 1 aromatic carbocycles. The monoisotopic (exact) mass is 452 g/mol. The topological polar surface area (TPSA) is 163 Å². The maximum atomic E-state index is 12.4. The molecule has 0 aliphatic heterocycles. The van der Waals surface area contributed by atoms with E-state index in [-0.39, 0.29) is 48.1 Å². The molecule has 0 saturated carbocycles. The van der Waals surface area contributed by atoms with E-state index < -0.39 is 30.4 Å². The Balaban J connectivity index is 1.84. The number of aliphatic hydroxyl groups is 2. The number of carbonyl (C=O) groups is 1. The Morgan fingerprint density at radius 2 is 2.03 bits per heavy atom. The molecular formula is C19H21ClN4O7. The first kappa shape index (κ1) is 22.7. The third kappa shape index (κ3) is 5.20. The average molecular weight is 453 g/mol. The minimum absolute atomic E-state index is 0.0487. The number of carbonyl (C=O) groups excluding carboxylic acids is 1. The largest absolute Gasteiger partial charge is 0.484 e. The zero-order chi connectivity index (χ0) is 22.4. The second-order valence-electron chi connectivity index (χ2n) is 6.69. The summed E-state index contributed by atoms with van der Waals surface area (Å²) in [6.07, 6.45) is 3.36. The van der Waals surface area contributed by atoms with Crippen LogP contribution in [0.1, 0.15) is 12.2 Å². The number of fused-ring (bicyclic) bond motifs is 1. The van der Waals surface area contributed by atoms with Gasteiger partial charge in [0.15, 0.2) is 16.9 Å². The van der Waals surface area contributed by atoms with Crippen molar-refractivity contribution in [1.29, 1.82) is 0 Å². The van der Waals surface area contributed by atoms with Crippen LogP contribution in [0, 0.1) is 0 Å². The molecule has 2 aromatic heterocycles. The molecule has 166 valence electrons. The van der Waals surface area contributed by atoms with Gasteiger partial charge in [0.25, 0.3) is 0 Å². The van der Waals surface area contributed by atoms with Crippen molar-refractivity contribution in [2.45, 2.75) is 25.1 Å². The number of oxazole rings is 1. The minimum atomic E-state index is -1.90. The Bertz CT molecular complexity index is 1100. The molecule has 0 amide bonds. The average Bonchev–Trinajstić information content (AvgIpc) is 3.06. The highest BCUT2D eigenvalue weighted by Gasteiger charge is 2.37. The number of nitrogens with two attached hydrogens (primary N) is 1. The standard InChI is InChI=1S/C19H21ClN4O7/c20-12-7-13-15(8-14(12)30-9-16-22-3-1-4-23-16)31-18(28)24(13)10-19(21,11-26)17(27)29-6-2-5-25/h1,3-4,7-8,25-26H,2,5-6,9-11,21H2. The van der Waals surface area contributed by atoms with Crippen LogP contribution in [0.25, 0.3) is 11.1 Å². The van der Waals surface area contributed by atoms with Gasteiger partial charge in [0, 0.05) is 31.5 Å². The number of ether oxygens (including phenoxy) is 2. The summed E-state index contributed by atoms with van der Waals surface area (Å²) in [5.74, 6) is -1.04. The van der Waals surface area contributed by atoms with E-state index in [2.05, 4.69) is 9.97 Å². The van der Waals surface area contributed by atoms with Crippen LogP contribution in [0.4, 0.5) is 0 Å². The molecule has 1 atom stereocenters. The quantitative estimate of drug-likeness (QED) is 0.286. The first-order valence-electron chi connectivity index (χ1n) is 9.27. The number of nitrogens with zero attached hydrogens (tertiary/aromatic N) is 3. The van der Waals surface area contributed by atoms with Crippen molar-refractivity contribution in [2.75, 3.05) is 19.8 Å². The molecule has 0 bridgehead atoms. The molecule has 0 aliphatic rings. The summed E-state index contributed by atoms with van der Waals surface area (Å²) in [7, 11) is 0. The first-order chi connectivity index (χ1) is 14.9. The Labute approximate surface area is 181 Å². The molecule has 2 heterocycles. The van der Waals surface area contributed by atoms with Gasteiger partial charge in [0.1, 0.15) is 12.4 Å². The molecule has 3 aromatic rings. The van der Waals surface area contributed by atoms with Gasteiger partial charge >= 0.3 is 11.7 Å². The van der Waals surface area contributed by atoms with Crippen LogP contribution >= 0.6 is 11.6 Å². The normalized spacial score (nSPS) is 13.2. The third-order valence-electron chi connectivity index (χ3n) is 4.36. The fourth-order valence-electron chi connectivity index (χ4n) is 2.71. The zero-order valence-corrected chi connectivity index (χ0v) is 17.1. The molecule has 4 N–H and O–H groups in total. The second kappa shape index (κ2) is 9.88. The molecule has 31 heavy (non-hydrogen) atoms. The highest BCUT2D eigenvalue weighted by molar-refractivity contribution is 6.32. The summed E-state index contributed by atoms with van der Waals surface area (Å²) in [6, 6.07) is 4.53. The lowest BCUT2D eigenvalue weighted by atomic mass is 10.0. The number of hydrogen-bond donors (Lipinski definition) is 3. The molecule has 3 rings (SSSR count). The van der Waals surface area contributed by atoms with Crippen LogP contribution in [0.3, 0.4) is 0 Å². The second-order valence-corrected chi connectivity index (χ2v) is 7.09. The predicted octanol–water partition coefficient (Wildman–Crippen LogP) is 0.232. The van der Waals surface area contributed by atoms with Crippen LogP contribution < -0.4 is 16.2 Å². The Morgan fingerprint density at radius 3 is 2.71 bits per heavy atom. The molecule has 0 aliphatic carbocycles. The van der Waals surface area contributed by atoms with Crippen molar-refractivity contribution in [3.05, 3.63) is 52.0 Å². The number of benzene rings is 1. The number of rotatable bonds is 10. The van der Waals surface area contributed by atoms with E-state index in [1.807, 2.05) is 0 Å². The van der Waals surface area contributed by atoms with Crippen molar-refractivity contribution in [3.8, 4) is 5.75 Å². The van der Waals surface area contributed by atoms with Crippen LogP contribution in [-0.2, 0) is 22.7 Å². The van der Waals surface area contributed by atoms with Crippen LogP contribution in [0.5, 0.6) is 5.75 Å². The summed E-state index contributed by atoms with van der Waals surface area (Å²) in [5.41, 5.74) is 4.49. The highest BCUT2D eigenvalue weighted by Crippen LogP contribution is 2.30. The molecule has 1 unspecified atom stereocenters. The minimum Gasteiger partial charge on any atom is -0.484 e. The third-order valence-corrected chi connectivity index (χ3v) is 4.66. The van der Waals surface area contributed by atoms with Gasteiger partial charge in [-0.1, -0.05) is 11.6 Å². The van der Waals surface area contributed by atoms with E-state index >= 15 is 0 Å². The van der Waals surface area contributed by atoms with E-state index in [1.165, 1.54) is 12.1 Å². The Hall–Kier alpha value is -2.99. The smallest absolute Gasteiger partial charge is 0.420 e. The van der Waals surface area contributed by atoms with Crippen LogP contribution in [-0.4, -0.2) is 56.1 Å². The van der Waals surface area contributed by atoms with Crippen molar-refractivity contribution in [1.82, 2.24) is 14.5 Å². The molecule has 11 nitrogen and oxygen atoms in total. The predicted molar refractivity (Wildman–Crippen MR) is 109 cm³/mol. The summed E-state index contributed by atoms with van der Waals surface area (Å²) < 4.78 is 16.9. The number of aromatic nitrogens is 3. The summed E-state index contributed by atoms with van der Waals surface area (Å²) in [5, 5.41) is 18.6. The van der Waals surface area contributed by atoms with Crippen LogP contribution in [0.2, 0.25) is 5.02 Å². The fourth-order valence-corrected chi connectivity index (χ4v) is 2.92. The van der Waals surface area contributed by atoms with Gasteiger partial charge in [-0.05, 0) is 12.1 Å². The SMILES string of the molecule is NC(CO)(Cn1c(=O)oc2cc(OCc3ncccn3)c(Cl)cc21)C(=O)OCCCO. The summed E-state index contributed by atoms with van der Waals surface area (Å²) in [6.45, 7) is -1.40. The van der Waals surface area contributed by atoms with Crippen molar-refractivity contribution < 1.29 is 28.9 Å². The maximum Gasteiger partial charge on any atom is 0.420 e. The van der Waals surface area contributed by atoms with Crippen molar-refractivity contribution in [2.24, 2.45) is 5.73 Å². The molecule has 0 fully saturated rings. The van der Waals surface area contributed by atoms with Gasteiger partial charge in [0.05, 0.1) is 30.3 Å². The summed E-state index contributed by atoms with van der Waals surface area (Å²) in [4.78, 5) is 32.8. The van der Waals surface area contributed by atoms with Gasteiger partial charge in [-0.3, -0.25) is 4.57 Å². The van der Waals surface area contributed by atoms with Crippen LogP contribution in [0.15, 0.2) is 39.8 Å². The molecule has 0 radical (unpaired) electrons. The Kier molecular flexibility index (Phi) is 7.23. The van der Waals surface area contributed by atoms with E-state index in [1.54, 1.807) is 18.5 Å². The van der Waals surface area contributed by atoms with Gasteiger partial charge in [-0.25, -0.2) is 19.6 Å². The van der Waals surface area contributed by atoms with Gasteiger partial charge in [0.2, 0.25) is 0 Å². The van der Waals surface area contributed by atoms with E-state index in [9.17, 15) is 14.7 Å². The Morgan fingerprint density at radius 1 is 1.29 bits per heavy atom. The zero-order valence-electron chi connectivity index (χ0n) is 16.4. The highest BCUT2D eigenvalue weighted by atomic mass is 35.5. The van der Waals surface area contributed by atoms with E-state index in [0.717, 1.165) is 4.57 Å². The lowest BCUT2D eigenvalue weighted by molar-refractivity contribution is -0.152. The van der Waals surface area contributed by atoms with Gasteiger partial charge in [-0.2, -0.15) is 0 Å². The molecular weight excluding hydrogens is 432 g/mol. The summed E-state index contributed by atoms with van der Waals surface area (Å²) >= 11 is 6.28. The number of halogens is 1. The molecule has 0 saturated heterocycles. The number of aliphatic hydroxyl groups excluding tert-OH is 2. The lowest BCUT2D eigenvalue weighted by Crippen LogP contribution is -2.56. The molecule has 0 spiro atoms. The van der Waals surface area contributed by atoms with Gasteiger partial charge < -0.3 is 29.8 Å². The number of hydrogen-bond acceptors (Lipinski definition) is 10. The molecule has 12 heteroatoms. The van der Waals surface area contributed by atoms with E-state index in [4.69, 9.17) is 36.3 Å². The van der Waals surface area contributed by atoms with Crippen molar-refractivity contribution >= 4 is 28.7 Å². The number of esters is 1. The van der Waals surface area contributed by atoms with E-state index in [0.29, 0.717) is 5.82 Å². The van der Waals surface area contributed by atoms with Crippen molar-refractivity contribution in [3.63, 3.8) is 0 Å². The fraction of sp³-hybridized carbons (Fsp3) is 0.368. The first-order valence-corrected chi connectivity index (χ1v) is 9.65.